The largest absolute Gasteiger partial charge is 0.424 e. The second-order valence-electron chi connectivity index (χ2n) is 1.84. The van der Waals surface area contributed by atoms with Crippen LogP contribution in [0.15, 0.2) is 0 Å². The highest BCUT2D eigenvalue weighted by Gasteiger charge is 1.82. The summed E-state index contributed by atoms with van der Waals surface area (Å²) in [4.78, 5) is 0. The highest BCUT2D eigenvalue weighted by atomic mass is 28.2. The van der Waals surface area contributed by atoms with Gasteiger partial charge in [0.05, 0.1) is 0 Å². The Hall–Kier alpha value is 0.177. The van der Waals surface area contributed by atoms with Crippen LogP contribution in [0, 0.1) is 6.04 Å². The van der Waals surface area contributed by atoms with E-state index < -0.39 is 0 Å². The molecule has 0 rings (SSSR count). The Labute approximate surface area is 54.4 Å². The van der Waals surface area contributed by atoms with E-state index in [4.69, 9.17) is 4.43 Å². The fraction of sp³-hybridized carbons (Fsp3) is 0.833. The average molecular weight is 131 g/mol. The van der Waals surface area contributed by atoms with Crippen molar-refractivity contribution in [3.63, 3.8) is 0 Å². The smallest absolute Gasteiger partial charge is 0.164 e. The van der Waals surface area contributed by atoms with Crippen molar-refractivity contribution in [1.82, 2.24) is 0 Å². The third-order valence-electron chi connectivity index (χ3n) is 0.927. The molecule has 0 amide bonds. The van der Waals surface area contributed by atoms with Crippen LogP contribution in [0.4, 0.5) is 0 Å². The molecule has 0 aliphatic heterocycles. The maximum absolute atomic E-state index is 5.31. The number of hydrogen-bond acceptors (Lipinski definition) is 1. The molecule has 1 nitrogen and oxygen atoms in total. The zero-order chi connectivity index (χ0) is 6.24. The SMILES string of the molecule is C[CH][SiH2]OCCCC. The van der Waals surface area contributed by atoms with E-state index in [-0.39, 0.29) is 9.76 Å². The van der Waals surface area contributed by atoms with E-state index in [1.165, 1.54) is 12.8 Å². The molecule has 8 heavy (non-hydrogen) atoms. The number of rotatable bonds is 5. The van der Waals surface area contributed by atoms with Crippen molar-refractivity contribution in [1.29, 1.82) is 0 Å². The first-order valence-corrected chi connectivity index (χ1v) is 4.66. The lowest BCUT2D eigenvalue weighted by molar-refractivity contribution is 0.329. The van der Waals surface area contributed by atoms with Crippen LogP contribution >= 0.6 is 0 Å². The van der Waals surface area contributed by atoms with Gasteiger partial charge in [-0.3, -0.25) is 0 Å². The molecule has 0 unspecified atom stereocenters. The molecule has 0 aromatic carbocycles. The summed E-state index contributed by atoms with van der Waals surface area (Å²) < 4.78 is 5.31. The molecule has 2 heteroatoms. The predicted molar refractivity (Wildman–Crippen MR) is 39.4 cm³/mol. The summed E-state index contributed by atoms with van der Waals surface area (Å²) in [6.07, 6.45) is 2.47. The van der Waals surface area contributed by atoms with Gasteiger partial charge in [0, 0.05) is 6.61 Å². The van der Waals surface area contributed by atoms with Gasteiger partial charge in [0.1, 0.15) is 0 Å². The van der Waals surface area contributed by atoms with Crippen LogP contribution in [-0.4, -0.2) is 16.4 Å². The van der Waals surface area contributed by atoms with Crippen LogP contribution in [0.5, 0.6) is 0 Å². The van der Waals surface area contributed by atoms with Gasteiger partial charge in [0.2, 0.25) is 0 Å². The van der Waals surface area contributed by atoms with Gasteiger partial charge in [-0.1, -0.05) is 20.3 Å². The van der Waals surface area contributed by atoms with E-state index in [0.717, 1.165) is 6.61 Å². The van der Waals surface area contributed by atoms with Crippen LogP contribution in [0.1, 0.15) is 26.7 Å². The van der Waals surface area contributed by atoms with E-state index in [1.54, 1.807) is 0 Å². The lowest BCUT2D eigenvalue weighted by Gasteiger charge is -1.97. The molecule has 0 aliphatic rings. The molecule has 0 aromatic rings. The van der Waals surface area contributed by atoms with Gasteiger partial charge in [-0.15, -0.1) is 0 Å². The maximum atomic E-state index is 5.31. The minimum absolute atomic E-state index is 0.224. The molecule has 0 aromatic heterocycles. The van der Waals surface area contributed by atoms with Crippen LogP contribution in [0.25, 0.3) is 0 Å². The minimum atomic E-state index is -0.224. The molecule has 49 valence electrons. The standard InChI is InChI=1S/C6H15OSi/c1-3-5-6-7-8-4-2/h4H,3,5-6,8H2,1-2H3. The molecule has 0 saturated carbocycles. The summed E-state index contributed by atoms with van der Waals surface area (Å²) in [5.41, 5.74) is 0. The van der Waals surface area contributed by atoms with E-state index in [9.17, 15) is 0 Å². The monoisotopic (exact) mass is 131 g/mol. The van der Waals surface area contributed by atoms with Gasteiger partial charge >= 0.3 is 0 Å². The molecule has 0 aliphatic carbocycles. The quantitative estimate of drug-likeness (QED) is 0.400. The van der Waals surface area contributed by atoms with Crippen LogP contribution in [0.3, 0.4) is 0 Å². The Kier molecular flexibility index (Phi) is 7.34. The Morgan fingerprint density at radius 1 is 1.62 bits per heavy atom. The summed E-state index contributed by atoms with van der Waals surface area (Å²) in [6.45, 7) is 5.23. The van der Waals surface area contributed by atoms with E-state index in [2.05, 4.69) is 19.9 Å². The zero-order valence-electron chi connectivity index (χ0n) is 5.81. The third-order valence-corrected chi connectivity index (χ3v) is 1.78. The molecular weight excluding hydrogens is 116 g/mol. The Bertz CT molecular complexity index is 33.5. The first kappa shape index (κ1) is 8.18. The number of unbranched alkanes of at least 4 members (excludes halogenated alkanes) is 1. The molecule has 0 atom stereocenters. The van der Waals surface area contributed by atoms with E-state index in [1.807, 2.05) is 0 Å². The summed E-state index contributed by atoms with van der Waals surface area (Å²) in [5, 5.41) is 0. The molecule has 0 heterocycles. The predicted octanol–water partition coefficient (Wildman–Crippen LogP) is 1.07. The number of hydrogen-bond donors (Lipinski definition) is 0. The minimum Gasteiger partial charge on any atom is -0.424 e. The molecular formula is C6H15OSi. The second-order valence-corrected chi connectivity index (χ2v) is 3.39. The fourth-order valence-electron chi connectivity index (χ4n) is 0.448. The molecule has 0 spiro atoms. The Morgan fingerprint density at radius 2 is 2.38 bits per heavy atom. The van der Waals surface area contributed by atoms with E-state index in [0.29, 0.717) is 0 Å². The van der Waals surface area contributed by atoms with Crippen molar-refractivity contribution in [2.75, 3.05) is 6.61 Å². The first-order valence-electron chi connectivity index (χ1n) is 3.27. The Morgan fingerprint density at radius 3 is 2.88 bits per heavy atom. The lowest BCUT2D eigenvalue weighted by atomic mass is 10.4. The highest BCUT2D eigenvalue weighted by Crippen LogP contribution is 1.86. The molecule has 0 N–H and O–H groups in total. The molecule has 1 radical (unpaired) electrons. The first-order chi connectivity index (χ1) is 3.91. The van der Waals surface area contributed by atoms with Crippen molar-refractivity contribution in [2.24, 2.45) is 0 Å². The summed E-state index contributed by atoms with van der Waals surface area (Å²) in [7, 11) is -0.224. The van der Waals surface area contributed by atoms with Gasteiger partial charge in [0.15, 0.2) is 9.76 Å². The highest BCUT2D eigenvalue weighted by molar-refractivity contribution is 6.31. The normalized spacial score (nSPS) is 11.2. The van der Waals surface area contributed by atoms with Gasteiger partial charge < -0.3 is 4.43 Å². The van der Waals surface area contributed by atoms with Crippen molar-refractivity contribution >= 4 is 9.76 Å². The maximum Gasteiger partial charge on any atom is 0.164 e. The topological polar surface area (TPSA) is 9.23 Å². The van der Waals surface area contributed by atoms with E-state index >= 15 is 0 Å². The van der Waals surface area contributed by atoms with Crippen LogP contribution in [-0.2, 0) is 4.43 Å². The van der Waals surface area contributed by atoms with Crippen molar-refractivity contribution in [3.8, 4) is 0 Å². The van der Waals surface area contributed by atoms with Gasteiger partial charge in [-0.05, 0) is 12.5 Å². The van der Waals surface area contributed by atoms with Crippen molar-refractivity contribution in [3.05, 3.63) is 6.04 Å². The van der Waals surface area contributed by atoms with Gasteiger partial charge in [0.25, 0.3) is 0 Å². The van der Waals surface area contributed by atoms with Gasteiger partial charge in [-0.2, -0.15) is 0 Å². The molecule has 0 bridgehead atoms. The van der Waals surface area contributed by atoms with Gasteiger partial charge in [-0.25, -0.2) is 0 Å². The van der Waals surface area contributed by atoms with Crippen LogP contribution in [0.2, 0.25) is 0 Å². The second kappa shape index (κ2) is 7.18. The summed E-state index contributed by atoms with van der Waals surface area (Å²) >= 11 is 0. The summed E-state index contributed by atoms with van der Waals surface area (Å²) in [5.74, 6) is 0. The third kappa shape index (κ3) is 6.18. The average Bonchev–Trinajstić information content (AvgIpc) is 1.81. The van der Waals surface area contributed by atoms with Crippen molar-refractivity contribution < 1.29 is 4.43 Å². The fourth-order valence-corrected chi connectivity index (χ4v) is 1.05. The van der Waals surface area contributed by atoms with Crippen LogP contribution < -0.4 is 0 Å². The molecule has 0 saturated heterocycles. The Balaban J connectivity index is 2.53. The summed E-state index contributed by atoms with van der Waals surface area (Å²) in [6, 6.07) is 2.16. The lowest BCUT2D eigenvalue weighted by Crippen LogP contribution is -1.98. The molecule has 0 fully saturated rings. The van der Waals surface area contributed by atoms with Crippen molar-refractivity contribution in [2.45, 2.75) is 26.7 Å². The zero-order valence-corrected chi connectivity index (χ0v) is 7.23.